The molecule has 0 radical (unpaired) electrons. The zero-order chi connectivity index (χ0) is 38.6. The van der Waals surface area contributed by atoms with Crippen molar-refractivity contribution in [3.05, 3.63) is 70.3 Å². The summed E-state index contributed by atoms with van der Waals surface area (Å²) >= 11 is 6.51. The van der Waals surface area contributed by atoms with E-state index in [1.165, 1.54) is 11.1 Å². The van der Waals surface area contributed by atoms with Gasteiger partial charge in [-0.2, -0.15) is 5.26 Å². The van der Waals surface area contributed by atoms with Crippen molar-refractivity contribution < 1.29 is 27.4 Å². The summed E-state index contributed by atoms with van der Waals surface area (Å²) in [6.45, 7) is 10.3. The molecule has 4 aliphatic heterocycles. The third-order valence-electron chi connectivity index (χ3n) is 14.0. The Labute approximate surface area is 331 Å². The van der Waals surface area contributed by atoms with E-state index in [9.17, 15) is 18.5 Å². The molecule has 2 aromatic rings. The van der Waals surface area contributed by atoms with Crippen LogP contribution >= 0.6 is 11.6 Å². The smallest absolute Gasteiger partial charge is 0.264 e. The summed E-state index contributed by atoms with van der Waals surface area (Å²) < 4.78 is 48.5. The Morgan fingerprint density at radius 3 is 2.56 bits per heavy atom. The van der Waals surface area contributed by atoms with Crippen molar-refractivity contribution in [3.8, 4) is 11.8 Å². The third kappa shape index (κ3) is 7.08. The van der Waals surface area contributed by atoms with E-state index in [0.29, 0.717) is 51.0 Å². The molecule has 3 fully saturated rings. The molecule has 1 spiro atoms. The standard InChI is InChI=1S/C42H54ClN5O6S/c1-29-6-4-15-42(52-3,25-46-16-18-48(19-17-46)41(23-44)27-53-28-41)36-11-8-33(36)22-47-24-40(14-5-7-31-20-34(43)10-12-35(31)40)26-54-38-13-9-32(21-37(38)47)39(49)45-55(50,51)30(29)2/h4,9-10,12-13,15,20-21,29-30,33,36H,5-8,11,14,16-19,22,24-28H2,1-3H3,(H,45,49)/b15-4-/t29-,30+,33-,36+,40-,42+/m0/s1. The highest BCUT2D eigenvalue weighted by molar-refractivity contribution is 7.90. The molecule has 2 bridgehead atoms. The van der Waals surface area contributed by atoms with Crippen molar-refractivity contribution in [2.24, 2.45) is 17.8 Å². The van der Waals surface area contributed by atoms with Gasteiger partial charge in [-0.15, -0.1) is 0 Å². The molecule has 1 amide bonds. The number of sulfonamides is 1. The van der Waals surface area contributed by atoms with Gasteiger partial charge in [-0.1, -0.05) is 36.7 Å². The summed E-state index contributed by atoms with van der Waals surface area (Å²) in [6.07, 6.45) is 9.83. The Morgan fingerprint density at radius 2 is 1.87 bits per heavy atom. The Morgan fingerprint density at radius 1 is 1.07 bits per heavy atom. The quantitative estimate of drug-likeness (QED) is 0.415. The normalized spacial score (nSPS) is 34.0. The number of halogens is 1. The molecule has 2 saturated heterocycles. The number of piperazine rings is 1. The molecule has 55 heavy (non-hydrogen) atoms. The Bertz CT molecular complexity index is 1980. The van der Waals surface area contributed by atoms with Crippen molar-refractivity contribution in [1.82, 2.24) is 14.5 Å². The van der Waals surface area contributed by atoms with Crippen LogP contribution in [-0.2, 0) is 31.3 Å². The molecule has 0 unspecified atom stereocenters. The van der Waals surface area contributed by atoms with Crippen LogP contribution in [0.1, 0.15) is 67.4 Å². The zero-order valence-electron chi connectivity index (χ0n) is 32.3. The molecule has 1 saturated carbocycles. The van der Waals surface area contributed by atoms with Crippen molar-refractivity contribution >= 4 is 33.2 Å². The molecule has 6 aliphatic rings. The average Bonchev–Trinajstić information content (AvgIpc) is 3.29. The van der Waals surface area contributed by atoms with Crippen LogP contribution in [0, 0.1) is 29.1 Å². The zero-order valence-corrected chi connectivity index (χ0v) is 33.8. The maximum Gasteiger partial charge on any atom is 0.264 e. The maximum atomic E-state index is 13.7. The molecule has 2 aromatic carbocycles. The number of hydrogen-bond acceptors (Lipinski definition) is 10. The number of methoxy groups -OCH3 is 1. The SMILES string of the molecule is CO[C@@]1(CN2CCN(C3(C#N)COC3)CC2)/C=C\C[C@H](C)[C@@H](C)S(=O)(=O)NC(=O)c2ccc3c(c2)N(C[C@@H]2CC[C@H]21)C[C@@]1(CCCc2cc(Cl)ccc21)CO3. The Balaban J connectivity index is 1.16. The van der Waals surface area contributed by atoms with E-state index in [2.05, 4.69) is 49.8 Å². The number of benzene rings is 2. The van der Waals surface area contributed by atoms with Gasteiger partial charge in [0.2, 0.25) is 10.0 Å². The molecule has 13 heteroatoms. The molecule has 2 aliphatic carbocycles. The highest BCUT2D eigenvalue weighted by atomic mass is 35.5. The summed E-state index contributed by atoms with van der Waals surface area (Å²) in [5.74, 6) is 0.301. The highest BCUT2D eigenvalue weighted by Crippen LogP contribution is 2.49. The first-order valence-electron chi connectivity index (χ1n) is 20.0. The topological polar surface area (TPSA) is 124 Å². The molecule has 8 rings (SSSR count). The Kier molecular flexibility index (Phi) is 10.5. The lowest BCUT2D eigenvalue weighted by Crippen LogP contribution is -2.66. The van der Waals surface area contributed by atoms with E-state index >= 15 is 0 Å². The number of hydrogen-bond donors (Lipinski definition) is 1. The molecule has 1 N–H and O–H groups in total. The van der Waals surface area contributed by atoms with Crippen molar-refractivity contribution in [1.29, 1.82) is 5.26 Å². The largest absolute Gasteiger partial charge is 0.490 e. The first-order valence-corrected chi connectivity index (χ1v) is 21.9. The summed E-state index contributed by atoms with van der Waals surface area (Å²) in [7, 11) is -2.17. The van der Waals surface area contributed by atoms with E-state index in [1.54, 1.807) is 13.0 Å². The predicted octanol–water partition coefficient (Wildman–Crippen LogP) is 5.18. The van der Waals surface area contributed by atoms with Gasteiger partial charge in [0.25, 0.3) is 5.91 Å². The van der Waals surface area contributed by atoms with E-state index in [1.807, 2.05) is 32.2 Å². The second-order valence-corrected chi connectivity index (χ2v) is 19.6. The monoisotopic (exact) mass is 791 g/mol. The number of amides is 1. The number of nitrogens with zero attached hydrogens (tertiary/aromatic N) is 4. The van der Waals surface area contributed by atoms with Crippen LogP contribution in [-0.4, -0.2) is 113 Å². The van der Waals surface area contributed by atoms with Gasteiger partial charge < -0.3 is 19.1 Å². The fourth-order valence-corrected chi connectivity index (χ4v) is 11.6. The number of ether oxygens (including phenoxy) is 3. The number of allylic oxidation sites excluding steroid dienone is 1. The van der Waals surface area contributed by atoms with Crippen LogP contribution in [0.15, 0.2) is 48.6 Å². The van der Waals surface area contributed by atoms with E-state index in [0.717, 1.165) is 75.5 Å². The van der Waals surface area contributed by atoms with Crippen molar-refractivity contribution in [2.75, 3.05) is 77.6 Å². The maximum absolute atomic E-state index is 13.7. The van der Waals surface area contributed by atoms with E-state index < -0.39 is 32.3 Å². The van der Waals surface area contributed by atoms with Gasteiger partial charge >= 0.3 is 0 Å². The van der Waals surface area contributed by atoms with E-state index in [-0.39, 0.29) is 22.8 Å². The lowest BCUT2D eigenvalue weighted by molar-refractivity contribution is -0.129. The third-order valence-corrected chi connectivity index (χ3v) is 16.1. The van der Waals surface area contributed by atoms with Crippen LogP contribution in [0.3, 0.4) is 0 Å². The van der Waals surface area contributed by atoms with Crippen LogP contribution in [0.5, 0.6) is 5.75 Å². The summed E-state index contributed by atoms with van der Waals surface area (Å²) in [5.41, 5.74) is 2.20. The van der Waals surface area contributed by atoms with Crippen LogP contribution in [0.2, 0.25) is 5.02 Å². The molecule has 4 heterocycles. The average molecular weight is 792 g/mol. The van der Waals surface area contributed by atoms with Gasteiger partial charge in [0.05, 0.1) is 36.8 Å². The number of anilines is 1. The van der Waals surface area contributed by atoms with Crippen LogP contribution < -0.4 is 14.4 Å². The highest BCUT2D eigenvalue weighted by Gasteiger charge is 2.51. The van der Waals surface area contributed by atoms with Crippen LogP contribution in [0.4, 0.5) is 5.69 Å². The summed E-state index contributed by atoms with van der Waals surface area (Å²) in [5, 5.41) is 9.87. The lowest BCUT2D eigenvalue weighted by Gasteiger charge is -2.53. The fourth-order valence-electron chi connectivity index (χ4n) is 10.1. The minimum absolute atomic E-state index is 0.203. The molecular weight excluding hydrogens is 738 g/mol. The number of aryl methyl sites for hydroxylation is 1. The van der Waals surface area contributed by atoms with Gasteiger partial charge in [-0.25, -0.2) is 13.1 Å². The molecular formula is C42H54ClN5O6S. The minimum atomic E-state index is -3.98. The van der Waals surface area contributed by atoms with Crippen molar-refractivity contribution in [3.63, 3.8) is 0 Å². The molecule has 0 aromatic heterocycles. The van der Waals surface area contributed by atoms with Crippen LogP contribution in [0.25, 0.3) is 0 Å². The first kappa shape index (κ1) is 38.7. The molecule has 11 nitrogen and oxygen atoms in total. The number of carbonyl (C=O) groups is 1. The number of nitriles is 1. The van der Waals surface area contributed by atoms with Gasteiger partial charge in [-0.05, 0) is 105 Å². The number of fused-ring (bicyclic) bond motifs is 4. The number of rotatable bonds is 4. The second kappa shape index (κ2) is 15.0. The fraction of sp³-hybridized carbons (Fsp3) is 0.619. The number of nitrogens with one attached hydrogen (secondary N) is 1. The lowest BCUT2D eigenvalue weighted by atomic mass is 9.63. The minimum Gasteiger partial charge on any atom is -0.490 e. The summed E-state index contributed by atoms with van der Waals surface area (Å²) in [4.78, 5) is 20.8. The Hall–Kier alpha value is -3.18. The van der Waals surface area contributed by atoms with Gasteiger partial charge in [-0.3, -0.25) is 14.6 Å². The van der Waals surface area contributed by atoms with Crippen molar-refractivity contribution in [2.45, 2.75) is 74.2 Å². The van der Waals surface area contributed by atoms with Gasteiger partial charge in [0, 0.05) is 68.9 Å². The predicted molar refractivity (Wildman–Crippen MR) is 212 cm³/mol. The summed E-state index contributed by atoms with van der Waals surface area (Å²) in [6, 6.07) is 14.1. The molecule has 6 atom stereocenters. The number of carbonyl (C=O) groups excluding carboxylic acids is 1. The molecule has 296 valence electrons. The van der Waals surface area contributed by atoms with E-state index in [4.69, 9.17) is 25.8 Å². The first-order chi connectivity index (χ1) is 26.4. The second-order valence-electron chi connectivity index (χ2n) is 17.1. The van der Waals surface area contributed by atoms with Gasteiger partial charge in [0.15, 0.2) is 5.54 Å². The van der Waals surface area contributed by atoms with Gasteiger partial charge in [0.1, 0.15) is 11.4 Å².